The SMILES string of the molecule is COc1cc(Cl)cc(C(=O)NCCn2cc(-c3ccccc3)nn2)c1. The number of nitrogens with one attached hydrogen (secondary N) is 1. The van der Waals surface area contributed by atoms with Crippen LogP contribution in [0.25, 0.3) is 11.3 Å². The second-order valence-corrected chi connectivity index (χ2v) is 5.80. The molecule has 0 saturated carbocycles. The molecule has 0 saturated heterocycles. The molecule has 1 amide bonds. The normalized spacial score (nSPS) is 10.5. The van der Waals surface area contributed by atoms with E-state index in [0.717, 1.165) is 11.3 Å². The lowest BCUT2D eigenvalue weighted by Gasteiger charge is -2.07. The Morgan fingerprint density at radius 1 is 1.24 bits per heavy atom. The van der Waals surface area contributed by atoms with Gasteiger partial charge in [0.15, 0.2) is 0 Å². The minimum Gasteiger partial charge on any atom is -0.497 e. The Kier molecular flexibility index (Phi) is 5.30. The van der Waals surface area contributed by atoms with Crippen LogP contribution >= 0.6 is 11.6 Å². The molecule has 0 fully saturated rings. The van der Waals surface area contributed by atoms with Crippen LogP contribution < -0.4 is 10.1 Å². The Hall–Kier alpha value is -2.86. The number of benzene rings is 2. The molecule has 0 atom stereocenters. The molecule has 0 aliphatic carbocycles. The van der Waals surface area contributed by atoms with Crippen molar-refractivity contribution in [2.75, 3.05) is 13.7 Å². The average molecular weight is 357 g/mol. The van der Waals surface area contributed by atoms with Crippen LogP contribution in [-0.2, 0) is 6.54 Å². The summed E-state index contributed by atoms with van der Waals surface area (Å²) in [6, 6.07) is 14.7. The van der Waals surface area contributed by atoms with E-state index < -0.39 is 0 Å². The highest BCUT2D eigenvalue weighted by Gasteiger charge is 2.09. The van der Waals surface area contributed by atoms with Crippen molar-refractivity contribution in [3.63, 3.8) is 0 Å². The van der Waals surface area contributed by atoms with E-state index in [0.29, 0.717) is 29.4 Å². The first-order valence-corrected chi connectivity index (χ1v) is 8.12. The first-order chi connectivity index (χ1) is 12.2. The van der Waals surface area contributed by atoms with Crippen molar-refractivity contribution < 1.29 is 9.53 Å². The van der Waals surface area contributed by atoms with Gasteiger partial charge in [0.25, 0.3) is 5.91 Å². The van der Waals surface area contributed by atoms with Gasteiger partial charge in [-0.15, -0.1) is 5.10 Å². The largest absolute Gasteiger partial charge is 0.497 e. The van der Waals surface area contributed by atoms with E-state index in [1.54, 1.807) is 22.9 Å². The number of carbonyl (C=O) groups is 1. The molecule has 2 aromatic carbocycles. The van der Waals surface area contributed by atoms with Crippen LogP contribution in [0.15, 0.2) is 54.7 Å². The third-order valence-corrected chi connectivity index (χ3v) is 3.82. The van der Waals surface area contributed by atoms with E-state index >= 15 is 0 Å². The molecule has 0 radical (unpaired) electrons. The maximum absolute atomic E-state index is 12.2. The summed E-state index contributed by atoms with van der Waals surface area (Å²) in [7, 11) is 1.53. The standard InChI is InChI=1S/C18H17ClN4O2/c1-25-16-10-14(9-15(19)11-16)18(24)20-7-8-23-12-17(21-22-23)13-5-3-2-4-6-13/h2-6,9-12H,7-8H2,1H3,(H,20,24). The topological polar surface area (TPSA) is 69.0 Å². The second kappa shape index (κ2) is 7.81. The summed E-state index contributed by atoms with van der Waals surface area (Å²) in [5.41, 5.74) is 2.25. The Bertz CT molecular complexity index is 865. The zero-order valence-electron chi connectivity index (χ0n) is 13.6. The summed E-state index contributed by atoms with van der Waals surface area (Å²) in [6.45, 7) is 0.939. The molecule has 7 heteroatoms. The molecule has 0 aliphatic rings. The maximum Gasteiger partial charge on any atom is 0.251 e. The fourth-order valence-electron chi connectivity index (χ4n) is 2.35. The van der Waals surface area contributed by atoms with E-state index in [4.69, 9.17) is 16.3 Å². The van der Waals surface area contributed by atoms with Gasteiger partial charge in [0.2, 0.25) is 0 Å². The van der Waals surface area contributed by atoms with E-state index in [2.05, 4.69) is 15.6 Å². The first-order valence-electron chi connectivity index (χ1n) is 7.74. The molecule has 1 aromatic heterocycles. The Morgan fingerprint density at radius 3 is 2.80 bits per heavy atom. The molecule has 1 N–H and O–H groups in total. The Balaban J connectivity index is 1.57. The van der Waals surface area contributed by atoms with Gasteiger partial charge >= 0.3 is 0 Å². The number of ether oxygens (including phenoxy) is 1. The van der Waals surface area contributed by atoms with Crippen molar-refractivity contribution in [3.8, 4) is 17.0 Å². The third-order valence-electron chi connectivity index (χ3n) is 3.60. The van der Waals surface area contributed by atoms with Crippen molar-refractivity contribution in [2.45, 2.75) is 6.54 Å². The molecule has 0 bridgehead atoms. The van der Waals surface area contributed by atoms with Crippen LogP contribution in [0.1, 0.15) is 10.4 Å². The summed E-state index contributed by atoms with van der Waals surface area (Å²) in [5.74, 6) is 0.325. The van der Waals surface area contributed by atoms with Gasteiger partial charge < -0.3 is 10.1 Å². The van der Waals surface area contributed by atoms with Gasteiger partial charge in [-0.2, -0.15) is 0 Å². The van der Waals surface area contributed by atoms with Crippen LogP contribution in [-0.4, -0.2) is 34.6 Å². The number of hydrogen-bond acceptors (Lipinski definition) is 4. The van der Waals surface area contributed by atoms with Gasteiger partial charge in [-0.3, -0.25) is 9.48 Å². The van der Waals surface area contributed by atoms with E-state index in [9.17, 15) is 4.79 Å². The van der Waals surface area contributed by atoms with Crippen molar-refractivity contribution in [2.24, 2.45) is 0 Å². The molecule has 25 heavy (non-hydrogen) atoms. The number of hydrogen-bond donors (Lipinski definition) is 1. The summed E-state index contributed by atoms with van der Waals surface area (Å²) in [6.07, 6.45) is 1.85. The highest BCUT2D eigenvalue weighted by molar-refractivity contribution is 6.31. The number of halogens is 1. The monoisotopic (exact) mass is 356 g/mol. The number of amides is 1. The van der Waals surface area contributed by atoms with Crippen molar-refractivity contribution >= 4 is 17.5 Å². The van der Waals surface area contributed by atoms with Crippen LogP contribution in [0.3, 0.4) is 0 Å². The molecule has 3 rings (SSSR count). The minimum atomic E-state index is -0.218. The first kappa shape index (κ1) is 17.0. The third kappa shape index (κ3) is 4.36. The zero-order chi connectivity index (χ0) is 17.6. The van der Waals surface area contributed by atoms with Crippen molar-refractivity contribution in [1.82, 2.24) is 20.3 Å². The number of methoxy groups -OCH3 is 1. The Morgan fingerprint density at radius 2 is 2.04 bits per heavy atom. The lowest BCUT2D eigenvalue weighted by atomic mass is 10.2. The smallest absolute Gasteiger partial charge is 0.251 e. The van der Waals surface area contributed by atoms with Crippen molar-refractivity contribution in [3.05, 3.63) is 65.3 Å². The maximum atomic E-state index is 12.2. The summed E-state index contributed by atoms with van der Waals surface area (Å²) < 4.78 is 6.81. The highest BCUT2D eigenvalue weighted by atomic mass is 35.5. The van der Waals surface area contributed by atoms with Gasteiger partial charge in [-0.1, -0.05) is 47.1 Å². The second-order valence-electron chi connectivity index (χ2n) is 5.37. The molecular weight excluding hydrogens is 340 g/mol. The lowest BCUT2D eigenvalue weighted by Crippen LogP contribution is -2.27. The molecule has 128 valence electrons. The van der Waals surface area contributed by atoms with Gasteiger partial charge in [-0.05, 0) is 18.2 Å². The average Bonchev–Trinajstić information content (AvgIpc) is 3.10. The summed E-state index contributed by atoms with van der Waals surface area (Å²) >= 11 is 5.98. The molecule has 0 spiro atoms. The van der Waals surface area contributed by atoms with Gasteiger partial charge in [0.1, 0.15) is 11.4 Å². The van der Waals surface area contributed by atoms with Crippen LogP contribution in [0.2, 0.25) is 5.02 Å². The van der Waals surface area contributed by atoms with Gasteiger partial charge in [-0.25, -0.2) is 0 Å². The van der Waals surface area contributed by atoms with Crippen LogP contribution in [0.4, 0.5) is 0 Å². The lowest BCUT2D eigenvalue weighted by molar-refractivity contribution is 0.0951. The minimum absolute atomic E-state index is 0.218. The summed E-state index contributed by atoms with van der Waals surface area (Å²) in [5, 5.41) is 11.5. The molecular formula is C18H17ClN4O2. The molecule has 0 aliphatic heterocycles. The van der Waals surface area contributed by atoms with Gasteiger partial charge in [0.05, 0.1) is 19.9 Å². The molecule has 3 aromatic rings. The van der Waals surface area contributed by atoms with Gasteiger partial charge in [0, 0.05) is 22.7 Å². The fraction of sp³-hybridized carbons (Fsp3) is 0.167. The summed E-state index contributed by atoms with van der Waals surface area (Å²) in [4.78, 5) is 12.2. The number of nitrogens with zero attached hydrogens (tertiary/aromatic N) is 3. The van der Waals surface area contributed by atoms with E-state index in [-0.39, 0.29) is 5.91 Å². The fourth-order valence-corrected chi connectivity index (χ4v) is 2.57. The number of aromatic nitrogens is 3. The predicted octanol–water partition coefficient (Wildman–Crippen LogP) is 3.04. The molecule has 6 nitrogen and oxygen atoms in total. The Labute approximate surface area is 150 Å². The quantitative estimate of drug-likeness (QED) is 0.737. The number of carbonyl (C=O) groups excluding carboxylic acids is 1. The zero-order valence-corrected chi connectivity index (χ0v) is 14.4. The van der Waals surface area contributed by atoms with Crippen molar-refractivity contribution in [1.29, 1.82) is 0 Å². The van der Waals surface area contributed by atoms with Crippen LogP contribution in [0, 0.1) is 0 Å². The number of rotatable bonds is 6. The van der Waals surface area contributed by atoms with E-state index in [1.807, 2.05) is 36.5 Å². The molecule has 1 heterocycles. The van der Waals surface area contributed by atoms with Crippen LogP contribution in [0.5, 0.6) is 5.75 Å². The highest BCUT2D eigenvalue weighted by Crippen LogP contribution is 2.20. The predicted molar refractivity (Wildman–Crippen MR) is 95.8 cm³/mol. The van der Waals surface area contributed by atoms with E-state index in [1.165, 1.54) is 7.11 Å². The molecule has 0 unspecified atom stereocenters.